The highest BCUT2D eigenvalue weighted by Gasteiger charge is 2.08. The first-order chi connectivity index (χ1) is 9.06. The van der Waals surface area contributed by atoms with Crippen molar-refractivity contribution in [1.29, 1.82) is 0 Å². The lowest BCUT2D eigenvalue weighted by molar-refractivity contribution is -0.116. The summed E-state index contributed by atoms with van der Waals surface area (Å²) in [4.78, 5) is 22.7. The Balaban J connectivity index is 2.74. The number of amides is 2. The molecule has 0 unspecified atom stereocenters. The lowest BCUT2D eigenvalue weighted by Gasteiger charge is -2.10. The summed E-state index contributed by atoms with van der Waals surface area (Å²) in [5, 5.41) is 5.63. The molecule has 0 radical (unpaired) electrons. The molecule has 19 heavy (non-hydrogen) atoms. The molecule has 0 fully saturated rings. The molecule has 0 aliphatic heterocycles. The van der Waals surface area contributed by atoms with Gasteiger partial charge in [-0.1, -0.05) is 11.6 Å². The van der Waals surface area contributed by atoms with Gasteiger partial charge in [0.2, 0.25) is 11.8 Å². The van der Waals surface area contributed by atoms with E-state index in [0.717, 1.165) is 0 Å². The van der Waals surface area contributed by atoms with Crippen LogP contribution >= 0.6 is 23.2 Å². The van der Waals surface area contributed by atoms with Crippen molar-refractivity contribution in [1.82, 2.24) is 0 Å². The fraction of sp³-hybridized carbons (Fsp3) is 0.333. The number of hydrogen-bond donors (Lipinski definition) is 3. The molecule has 104 valence electrons. The highest BCUT2D eigenvalue weighted by Crippen LogP contribution is 2.25. The Labute approximate surface area is 121 Å². The molecule has 0 bridgehead atoms. The molecule has 1 rings (SSSR count). The van der Waals surface area contributed by atoms with E-state index >= 15 is 0 Å². The number of hydrogen-bond acceptors (Lipinski definition) is 3. The van der Waals surface area contributed by atoms with E-state index in [1.54, 1.807) is 18.2 Å². The Hall–Kier alpha value is -1.30. The lowest BCUT2D eigenvalue weighted by Crippen LogP contribution is -2.15. The summed E-state index contributed by atoms with van der Waals surface area (Å²) < 4.78 is 0. The second-order valence-electron chi connectivity index (χ2n) is 3.82. The maximum Gasteiger partial charge on any atom is 0.239 e. The number of rotatable bonds is 6. The average molecular weight is 304 g/mol. The number of halogens is 2. The van der Waals surface area contributed by atoms with Crippen LogP contribution in [0.15, 0.2) is 18.2 Å². The molecule has 0 atom stereocenters. The Bertz CT molecular complexity index is 466. The van der Waals surface area contributed by atoms with Crippen molar-refractivity contribution < 1.29 is 9.59 Å². The van der Waals surface area contributed by atoms with Crippen LogP contribution in [0.4, 0.5) is 11.4 Å². The third kappa shape index (κ3) is 5.46. The van der Waals surface area contributed by atoms with Crippen molar-refractivity contribution in [3.63, 3.8) is 0 Å². The van der Waals surface area contributed by atoms with Crippen molar-refractivity contribution >= 4 is 46.4 Å². The first-order valence-corrected chi connectivity index (χ1v) is 6.63. The predicted octanol–water partition coefficient (Wildman–Crippen LogP) is 2.19. The number of nitrogens with one attached hydrogen (secondary N) is 2. The van der Waals surface area contributed by atoms with E-state index in [9.17, 15) is 9.59 Å². The number of anilines is 2. The summed E-state index contributed by atoms with van der Waals surface area (Å²) in [6, 6.07) is 4.79. The van der Waals surface area contributed by atoms with E-state index in [-0.39, 0.29) is 17.7 Å². The van der Waals surface area contributed by atoms with Gasteiger partial charge in [-0.25, -0.2) is 0 Å². The fourth-order valence-electron chi connectivity index (χ4n) is 1.37. The largest absolute Gasteiger partial charge is 0.330 e. The quantitative estimate of drug-likeness (QED) is 0.704. The van der Waals surface area contributed by atoms with E-state index in [1.807, 2.05) is 0 Å². The van der Waals surface area contributed by atoms with Crippen LogP contribution in [0.5, 0.6) is 0 Å². The van der Waals surface area contributed by atoms with Gasteiger partial charge in [-0.05, 0) is 31.2 Å². The SMILES string of the molecule is NCCCC(=O)Nc1cc(NC(=O)CCl)ccc1Cl. The Kier molecular flexibility index (Phi) is 6.62. The molecule has 0 aliphatic rings. The summed E-state index contributed by atoms with van der Waals surface area (Å²) >= 11 is 11.4. The van der Waals surface area contributed by atoms with Crippen molar-refractivity contribution in [3.8, 4) is 0 Å². The van der Waals surface area contributed by atoms with Crippen molar-refractivity contribution in [2.75, 3.05) is 23.1 Å². The van der Waals surface area contributed by atoms with Crippen LogP contribution in [0, 0.1) is 0 Å². The molecule has 0 spiro atoms. The first kappa shape index (κ1) is 15.8. The highest BCUT2D eigenvalue weighted by atomic mass is 35.5. The highest BCUT2D eigenvalue weighted by molar-refractivity contribution is 6.34. The summed E-state index contributed by atoms with van der Waals surface area (Å²) in [5.74, 6) is -0.640. The van der Waals surface area contributed by atoms with E-state index in [1.165, 1.54) is 0 Å². The van der Waals surface area contributed by atoms with Crippen LogP contribution < -0.4 is 16.4 Å². The summed E-state index contributed by atoms with van der Waals surface area (Å²) in [6.07, 6.45) is 0.928. The van der Waals surface area contributed by atoms with E-state index < -0.39 is 0 Å². The van der Waals surface area contributed by atoms with Crippen LogP contribution in [0.1, 0.15) is 12.8 Å². The topological polar surface area (TPSA) is 84.2 Å². The molecule has 0 aliphatic carbocycles. The minimum absolute atomic E-state index is 0.138. The molecule has 5 nitrogen and oxygen atoms in total. The smallest absolute Gasteiger partial charge is 0.239 e. The second-order valence-corrected chi connectivity index (χ2v) is 4.49. The van der Waals surface area contributed by atoms with Crippen molar-refractivity contribution in [2.24, 2.45) is 5.73 Å². The molecule has 0 saturated carbocycles. The zero-order chi connectivity index (χ0) is 14.3. The maximum atomic E-state index is 11.6. The van der Waals surface area contributed by atoms with Gasteiger partial charge in [0.05, 0.1) is 10.7 Å². The minimum atomic E-state index is -0.329. The summed E-state index contributed by atoms with van der Waals surface area (Å²) in [5.41, 5.74) is 6.29. The number of carbonyl (C=O) groups is 2. The molecule has 4 N–H and O–H groups in total. The zero-order valence-electron chi connectivity index (χ0n) is 10.2. The number of benzene rings is 1. The molecule has 0 aromatic heterocycles. The third-order valence-electron chi connectivity index (χ3n) is 2.25. The number of nitrogens with two attached hydrogens (primary N) is 1. The fourth-order valence-corrected chi connectivity index (χ4v) is 1.60. The number of carbonyl (C=O) groups excluding carboxylic acids is 2. The van der Waals surface area contributed by atoms with Gasteiger partial charge in [0, 0.05) is 12.1 Å². The third-order valence-corrected chi connectivity index (χ3v) is 2.83. The molecule has 1 aromatic carbocycles. The van der Waals surface area contributed by atoms with Crippen LogP contribution in [0.2, 0.25) is 5.02 Å². The molecule has 0 heterocycles. The van der Waals surface area contributed by atoms with Crippen molar-refractivity contribution in [2.45, 2.75) is 12.8 Å². The van der Waals surface area contributed by atoms with Gasteiger partial charge < -0.3 is 16.4 Å². The van der Waals surface area contributed by atoms with Gasteiger partial charge in [-0.15, -0.1) is 11.6 Å². The standard InChI is InChI=1S/C12H15Cl2N3O2/c13-7-12(19)16-8-3-4-9(14)10(6-8)17-11(18)2-1-5-15/h3-4,6H,1-2,5,7,15H2,(H,16,19)(H,17,18). The van der Waals surface area contributed by atoms with Gasteiger partial charge in [0.15, 0.2) is 0 Å². The van der Waals surface area contributed by atoms with Gasteiger partial charge >= 0.3 is 0 Å². The molecular formula is C12H15Cl2N3O2. The van der Waals surface area contributed by atoms with E-state index in [0.29, 0.717) is 35.8 Å². The molecule has 0 saturated heterocycles. The van der Waals surface area contributed by atoms with Crippen LogP contribution in [-0.4, -0.2) is 24.2 Å². The molecule has 2 amide bonds. The summed E-state index contributed by atoms with van der Waals surface area (Å²) in [7, 11) is 0. The Morgan fingerprint density at radius 1 is 1.21 bits per heavy atom. The normalized spacial score (nSPS) is 10.1. The lowest BCUT2D eigenvalue weighted by atomic mass is 10.2. The molecule has 1 aromatic rings. The van der Waals surface area contributed by atoms with Gasteiger partial charge in [0.1, 0.15) is 5.88 Å². The first-order valence-electron chi connectivity index (χ1n) is 5.72. The maximum absolute atomic E-state index is 11.6. The van der Waals surface area contributed by atoms with Gasteiger partial charge in [-0.2, -0.15) is 0 Å². The predicted molar refractivity (Wildman–Crippen MR) is 77.7 cm³/mol. The van der Waals surface area contributed by atoms with Crippen LogP contribution in [0.3, 0.4) is 0 Å². The monoisotopic (exact) mass is 303 g/mol. The molecule has 7 heteroatoms. The van der Waals surface area contributed by atoms with E-state index in [2.05, 4.69) is 10.6 Å². The van der Waals surface area contributed by atoms with Crippen LogP contribution in [-0.2, 0) is 9.59 Å². The van der Waals surface area contributed by atoms with Crippen LogP contribution in [0.25, 0.3) is 0 Å². The zero-order valence-corrected chi connectivity index (χ0v) is 11.7. The van der Waals surface area contributed by atoms with E-state index in [4.69, 9.17) is 28.9 Å². The Morgan fingerprint density at radius 3 is 2.58 bits per heavy atom. The molecular weight excluding hydrogens is 289 g/mol. The van der Waals surface area contributed by atoms with Gasteiger partial charge in [0.25, 0.3) is 0 Å². The van der Waals surface area contributed by atoms with Crippen molar-refractivity contribution in [3.05, 3.63) is 23.2 Å². The summed E-state index contributed by atoms with van der Waals surface area (Å²) in [6.45, 7) is 0.451. The minimum Gasteiger partial charge on any atom is -0.330 e. The second kappa shape index (κ2) is 7.99. The Morgan fingerprint density at radius 2 is 1.95 bits per heavy atom. The number of alkyl halides is 1. The average Bonchev–Trinajstić information content (AvgIpc) is 2.40. The van der Waals surface area contributed by atoms with Gasteiger partial charge in [-0.3, -0.25) is 9.59 Å².